The summed E-state index contributed by atoms with van der Waals surface area (Å²) < 4.78 is 4.74. The maximum absolute atomic E-state index is 11.7. The van der Waals surface area contributed by atoms with Gasteiger partial charge in [-0.1, -0.05) is 45.9 Å². The molecule has 0 amide bonds. The first-order valence-corrected chi connectivity index (χ1v) is 8.12. The third-order valence-corrected chi connectivity index (χ3v) is 5.11. The Balaban J connectivity index is 2.21. The van der Waals surface area contributed by atoms with Gasteiger partial charge < -0.3 is 9.84 Å². The van der Waals surface area contributed by atoms with Crippen molar-refractivity contribution in [3.63, 3.8) is 0 Å². The number of rotatable bonds is 5. The van der Waals surface area contributed by atoms with Gasteiger partial charge in [-0.05, 0) is 24.3 Å². The normalized spacial score (nSPS) is 10.1. The summed E-state index contributed by atoms with van der Waals surface area (Å²) in [5.74, 6) is -1.38. The van der Waals surface area contributed by atoms with E-state index in [0.717, 1.165) is 4.90 Å². The quantitative estimate of drug-likeness (QED) is 0.664. The van der Waals surface area contributed by atoms with Crippen LogP contribution in [0.25, 0.3) is 0 Å². The van der Waals surface area contributed by atoms with E-state index in [1.807, 2.05) is 6.07 Å². The summed E-state index contributed by atoms with van der Waals surface area (Å²) in [6, 6.07) is 13.8. The lowest BCUT2D eigenvalue weighted by Crippen LogP contribution is -2.02. The molecule has 0 fully saturated rings. The van der Waals surface area contributed by atoms with Crippen molar-refractivity contribution < 1.29 is 19.4 Å². The molecule has 0 heterocycles. The maximum atomic E-state index is 11.7. The molecule has 0 bridgehead atoms. The molecule has 0 aliphatic rings. The first-order chi connectivity index (χ1) is 10.1. The van der Waals surface area contributed by atoms with Crippen LogP contribution in [0.5, 0.6) is 0 Å². The molecule has 0 saturated carbocycles. The molecule has 21 heavy (non-hydrogen) atoms. The zero-order valence-corrected chi connectivity index (χ0v) is 12.7. The Morgan fingerprint density at radius 1 is 0.905 bits per heavy atom. The molecule has 0 unspecified atom stereocenters. The van der Waals surface area contributed by atoms with Crippen LogP contribution in [0.2, 0.25) is 0 Å². The van der Waals surface area contributed by atoms with Crippen LogP contribution >= 0.6 is 21.6 Å². The van der Waals surface area contributed by atoms with Crippen molar-refractivity contribution >= 4 is 33.5 Å². The molecule has 0 aliphatic carbocycles. The van der Waals surface area contributed by atoms with Gasteiger partial charge in [-0.3, -0.25) is 0 Å². The molecule has 6 heteroatoms. The second-order valence-corrected chi connectivity index (χ2v) is 6.17. The smallest absolute Gasteiger partial charge is 0.339 e. The number of hydrogen-bond acceptors (Lipinski definition) is 5. The average molecular weight is 320 g/mol. The van der Waals surface area contributed by atoms with E-state index in [-0.39, 0.29) is 5.56 Å². The number of carboxylic acid groups (broad SMARTS) is 1. The van der Waals surface area contributed by atoms with Gasteiger partial charge in [0.2, 0.25) is 0 Å². The second-order valence-electron chi connectivity index (χ2n) is 3.96. The van der Waals surface area contributed by atoms with Gasteiger partial charge in [0.1, 0.15) is 0 Å². The van der Waals surface area contributed by atoms with Crippen LogP contribution in [0, 0.1) is 0 Å². The first-order valence-electron chi connectivity index (χ1n) is 5.97. The number of hydrogen-bond donors (Lipinski definition) is 1. The SMILES string of the molecule is COC(=O)c1ccccc1SSc1ccccc1C(=O)O. The highest BCUT2D eigenvalue weighted by Gasteiger charge is 2.14. The Kier molecular flexibility index (Phi) is 5.30. The van der Waals surface area contributed by atoms with E-state index >= 15 is 0 Å². The number of carbonyl (C=O) groups is 2. The highest BCUT2D eigenvalue weighted by atomic mass is 33.1. The summed E-state index contributed by atoms with van der Waals surface area (Å²) >= 11 is 0. The third kappa shape index (κ3) is 3.80. The van der Waals surface area contributed by atoms with Crippen molar-refractivity contribution in [2.75, 3.05) is 7.11 Å². The molecule has 0 saturated heterocycles. The van der Waals surface area contributed by atoms with Gasteiger partial charge in [0.15, 0.2) is 0 Å². The Morgan fingerprint density at radius 2 is 1.38 bits per heavy atom. The van der Waals surface area contributed by atoms with E-state index in [0.29, 0.717) is 10.5 Å². The number of benzene rings is 2. The van der Waals surface area contributed by atoms with Crippen molar-refractivity contribution in [3.05, 3.63) is 59.7 Å². The van der Waals surface area contributed by atoms with Crippen LogP contribution in [0.1, 0.15) is 20.7 Å². The van der Waals surface area contributed by atoms with Crippen LogP contribution in [0.3, 0.4) is 0 Å². The molecule has 2 rings (SSSR count). The maximum Gasteiger partial charge on any atom is 0.339 e. The van der Waals surface area contributed by atoms with E-state index in [1.54, 1.807) is 42.5 Å². The minimum absolute atomic E-state index is 0.241. The Hall–Kier alpha value is -1.92. The molecule has 108 valence electrons. The topological polar surface area (TPSA) is 63.6 Å². The van der Waals surface area contributed by atoms with Crippen molar-refractivity contribution in [1.29, 1.82) is 0 Å². The lowest BCUT2D eigenvalue weighted by Gasteiger charge is -2.08. The minimum atomic E-state index is -0.972. The van der Waals surface area contributed by atoms with Gasteiger partial charge in [-0.15, -0.1) is 0 Å². The molecule has 2 aromatic carbocycles. The monoisotopic (exact) mass is 320 g/mol. The van der Waals surface area contributed by atoms with Crippen LogP contribution in [0.15, 0.2) is 58.3 Å². The number of ether oxygens (including phenoxy) is 1. The summed E-state index contributed by atoms with van der Waals surface area (Å²) in [6.45, 7) is 0. The van der Waals surface area contributed by atoms with Crippen LogP contribution < -0.4 is 0 Å². The molecular formula is C15H12O4S2. The fourth-order valence-electron chi connectivity index (χ4n) is 1.62. The zero-order chi connectivity index (χ0) is 15.2. The average Bonchev–Trinajstić information content (AvgIpc) is 2.52. The van der Waals surface area contributed by atoms with E-state index < -0.39 is 11.9 Å². The molecule has 0 atom stereocenters. The van der Waals surface area contributed by atoms with Crippen molar-refractivity contribution in [2.24, 2.45) is 0 Å². The van der Waals surface area contributed by atoms with Gasteiger partial charge >= 0.3 is 11.9 Å². The molecule has 2 aromatic rings. The predicted molar refractivity (Wildman–Crippen MR) is 82.9 cm³/mol. The number of aromatic carboxylic acids is 1. The van der Waals surface area contributed by atoms with Gasteiger partial charge in [0.25, 0.3) is 0 Å². The molecule has 1 N–H and O–H groups in total. The molecule has 0 radical (unpaired) electrons. The molecular weight excluding hydrogens is 308 g/mol. The largest absolute Gasteiger partial charge is 0.478 e. The number of esters is 1. The summed E-state index contributed by atoms with van der Waals surface area (Å²) in [6.07, 6.45) is 0. The van der Waals surface area contributed by atoms with E-state index in [4.69, 9.17) is 9.84 Å². The highest BCUT2D eigenvalue weighted by molar-refractivity contribution is 8.76. The summed E-state index contributed by atoms with van der Waals surface area (Å²) in [4.78, 5) is 24.2. The summed E-state index contributed by atoms with van der Waals surface area (Å²) in [7, 11) is 3.96. The zero-order valence-electron chi connectivity index (χ0n) is 11.1. The summed E-state index contributed by atoms with van der Waals surface area (Å²) in [5.41, 5.74) is 0.704. The van der Waals surface area contributed by atoms with E-state index in [2.05, 4.69) is 0 Å². The van der Waals surface area contributed by atoms with Gasteiger partial charge in [-0.25, -0.2) is 9.59 Å². The van der Waals surface area contributed by atoms with Crippen LogP contribution in [-0.2, 0) is 4.74 Å². The highest BCUT2D eigenvalue weighted by Crippen LogP contribution is 2.40. The Morgan fingerprint density at radius 3 is 1.90 bits per heavy atom. The van der Waals surface area contributed by atoms with Gasteiger partial charge in [-0.2, -0.15) is 0 Å². The van der Waals surface area contributed by atoms with E-state index in [9.17, 15) is 9.59 Å². The fourth-order valence-corrected chi connectivity index (χ4v) is 3.97. The van der Waals surface area contributed by atoms with E-state index in [1.165, 1.54) is 28.7 Å². The molecule has 0 spiro atoms. The third-order valence-electron chi connectivity index (χ3n) is 2.63. The first kappa shape index (κ1) is 15.5. The Bertz CT molecular complexity index is 670. The lowest BCUT2D eigenvalue weighted by molar-refractivity contribution is 0.0596. The fraction of sp³-hybridized carbons (Fsp3) is 0.0667. The van der Waals surface area contributed by atoms with Crippen LogP contribution in [-0.4, -0.2) is 24.2 Å². The second kappa shape index (κ2) is 7.19. The Labute approximate surface area is 129 Å². The van der Waals surface area contributed by atoms with Crippen molar-refractivity contribution in [2.45, 2.75) is 9.79 Å². The molecule has 0 aliphatic heterocycles. The van der Waals surface area contributed by atoms with Gasteiger partial charge in [0, 0.05) is 9.79 Å². The van der Waals surface area contributed by atoms with Crippen molar-refractivity contribution in [3.8, 4) is 0 Å². The van der Waals surface area contributed by atoms with Crippen molar-refractivity contribution in [1.82, 2.24) is 0 Å². The van der Waals surface area contributed by atoms with Crippen LogP contribution in [0.4, 0.5) is 0 Å². The predicted octanol–water partition coefficient (Wildman–Crippen LogP) is 3.97. The number of carboxylic acids is 1. The number of methoxy groups -OCH3 is 1. The standard InChI is InChI=1S/C15H12O4S2/c1-19-15(18)11-7-3-5-9-13(11)21-20-12-8-4-2-6-10(12)14(16)17/h2-9H,1H3,(H,16,17). The molecule has 4 nitrogen and oxygen atoms in total. The molecule has 0 aromatic heterocycles. The minimum Gasteiger partial charge on any atom is -0.478 e. The lowest BCUT2D eigenvalue weighted by atomic mass is 10.2. The summed E-state index contributed by atoms with van der Waals surface area (Å²) in [5, 5.41) is 9.15. The number of carbonyl (C=O) groups excluding carboxylic acids is 1. The van der Waals surface area contributed by atoms with Gasteiger partial charge in [0.05, 0.1) is 18.2 Å².